The third kappa shape index (κ3) is 18.1. The van der Waals surface area contributed by atoms with Gasteiger partial charge in [0, 0.05) is 0 Å². The topological polar surface area (TPSA) is 35.5 Å². The van der Waals surface area contributed by atoms with Crippen molar-refractivity contribution in [1.29, 1.82) is 0 Å². The summed E-state index contributed by atoms with van der Waals surface area (Å²) in [6.07, 6.45) is -0.315. The normalized spacial score (nSPS) is 12.3. The SMILES string of the molecule is CC(O)N(C)C.CNC. The highest BCUT2D eigenvalue weighted by atomic mass is 16.3. The average Bonchev–Trinajstić information content (AvgIpc) is 1.68. The van der Waals surface area contributed by atoms with E-state index in [1.165, 1.54) is 0 Å². The highest BCUT2D eigenvalue weighted by Gasteiger charge is 1.92. The minimum Gasteiger partial charge on any atom is -0.379 e. The maximum atomic E-state index is 8.56. The van der Waals surface area contributed by atoms with Gasteiger partial charge in [-0.3, -0.25) is 4.90 Å². The largest absolute Gasteiger partial charge is 0.379 e. The van der Waals surface area contributed by atoms with Gasteiger partial charge in [0.1, 0.15) is 6.23 Å². The van der Waals surface area contributed by atoms with E-state index in [0.29, 0.717) is 0 Å². The van der Waals surface area contributed by atoms with E-state index >= 15 is 0 Å². The molecule has 58 valence electrons. The summed E-state index contributed by atoms with van der Waals surface area (Å²) in [4.78, 5) is 1.72. The summed E-state index contributed by atoms with van der Waals surface area (Å²) >= 11 is 0. The number of aliphatic hydroxyl groups excluding tert-OH is 1. The number of hydrogen-bond acceptors (Lipinski definition) is 3. The molecule has 1 unspecified atom stereocenters. The third-order valence-corrected chi connectivity index (χ3v) is 0.747. The molecular weight excluding hydrogens is 116 g/mol. The van der Waals surface area contributed by atoms with Crippen LogP contribution < -0.4 is 5.32 Å². The molecule has 0 saturated carbocycles. The summed E-state index contributed by atoms with van der Waals surface area (Å²) in [5.74, 6) is 0. The molecule has 0 aliphatic carbocycles. The molecule has 0 radical (unpaired) electrons. The van der Waals surface area contributed by atoms with Crippen LogP contribution in [0, 0.1) is 0 Å². The number of rotatable bonds is 1. The molecule has 0 bridgehead atoms. The van der Waals surface area contributed by atoms with Gasteiger partial charge in [-0.25, -0.2) is 0 Å². The molecule has 0 amide bonds. The van der Waals surface area contributed by atoms with Crippen LogP contribution in [-0.2, 0) is 0 Å². The molecule has 0 aliphatic rings. The predicted octanol–water partition coefficient (Wildman–Crippen LogP) is -0.278. The Morgan fingerprint density at radius 3 is 1.44 bits per heavy atom. The van der Waals surface area contributed by atoms with Gasteiger partial charge in [0.2, 0.25) is 0 Å². The smallest absolute Gasteiger partial charge is 0.104 e. The number of nitrogens with zero attached hydrogens (tertiary/aromatic N) is 1. The zero-order chi connectivity index (χ0) is 7.86. The molecule has 0 aromatic heterocycles. The first-order valence-electron chi connectivity index (χ1n) is 2.99. The van der Waals surface area contributed by atoms with Gasteiger partial charge in [0.05, 0.1) is 0 Å². The Morgan fingerprint density at radius 2 is 1.44 bits per heavy atom. The maximum Gasteiger partial charge on any atom is 0.104 e. The van der Waals surface area contributed by atoms with Gasteiger partial charge in [-0.15, -0.1) is 0 Å². The van der Waals surface area contributed by atoms with Crippen LogP contribution in [0.25, 0.3) is 0 Å². The van der Waals surface area contributed by atoms with Crippen molar-refractivity contribution in [2.75, 3.05) is 28.2 Å². The Morgan fingerprint density at radius 1 is 1.33 bits per heavy atom. The Labute approximate surface area is 57.7 Å². The van der Waals surface area contributed by atoms with Gasteiger partial charge in [-0.2, -0.15) is 0 Å². The molecule has 0 aliphatic heterocycles. The Hall–Kier alpha value is -0.120. The molecule has 0 heterocycles. The van der Waals surface area contributed by atoms with Crippen molar-refractivity contribution in [3.05, 3.63) is 0 Å². The zero-order valence-electron chi connectivity index (χ0n) is 6.97. The highest BCUT2D eigenvalue weighted by molar-refractivity contribution is 4.35. The summed E-state index contributed by atoms with van der Waals surface area (Å²) in [6.45, 7) is 1.72. The number of hydrogen-bond donors (Lipinski definition) is 2. The molecule has 0 fully saturated rings. The van der Waals surface area contributed by atoms with Crippen LogP contribution in [-0.4, -0.2) is 44.4 Å². The first-order valence-corrected chi connectivity index (χ1v) is 2.99. The van der Waals surface area contributed by atoms with E-state index in [9.17, 15) is 0 Å². The van der Waals surface area contributed by atoms with Crippen molar-refractivity contribution >= 4 is 0 Å². The fraction of sp³-hybridized carbons (Fsp3) is 1.00. The molecular formula is C6H18N2O. The molecule has 0 aromatic carbocycles. The molecule has 1 atom stereocenters. The average molecular weight is 134 g/mol. The summed E-state index contributed by atoms with van der Waals surface area (Å²) in [6, 6.07) is 0. The summed E-state index contributed by atoms with van der Waals surface area (Å²) in [5, 5.41) is 11.3. The quantitative estimate of drug-likeness (QED) is 0.484. The van der Waals surface area contributed by atoms with Gasteiger partial charge in [0.25, 0.3) is 0 Å². The van der Waals surface area contributed by atoms with E-state index in [-0.39, 0.29) is 6.23 Å². The molecule has 0 rings (SSSR count). The first kappa shape index (κ1) is 11.6. The molecule has 0 saturated heterocycles. The van der Waals surface area contributed by atoms with Crippen molar-refractivity contribution in [1.82, 2.24) is 10.2 Å². The van der Waals surface area contributed by atoms with E-state index in [1.54, 1.807) is 11.8 Å². The zero-order valence-corrected chi connectivity index (χ0v) is 6.97. The van der Waals surface area contributed by atoms with E-state index in [1.807, 2.05) is 28.2 Å². The van der Waals surface area contributed by atoms with E-state index in [4.69, 9.17) is 5.11 Å². The monoisotopic (exact) mass is 134 g/mol. The van der Waals surface area contributed by atoms with Gasteiger partial charge >= 0.3 is 0 Å². The van der Waals surface area contributed by atoms with Crippen molar-refractivity contribution in [2.24, 2.45) is 0 Å². The Balaban J connectivity index is 0. The van der Waals surface area contributed by atoms with E-state index < -0.39 is 0 Å². The van der Waals surface area contributed by atoms with Crippen LogP contribution in [0.1, 0.15) is 6.92 Å². The second-order valence-corrected chi connectivity index (χ2v) is 2.10. The van der Waals surface area contributed by atoms with E-state index in [2.05, 4.69) is 5.32 Å². The van der Waals surface area contributed by atoms with Crippen LogP contribution >= 0.6 is 0 Å². The van der Waals surface area contributed by atoms with Crippen molar-refractivity contribution in [3.8, 4) is 0 Å². The van der Waals surface area contributed by atoms with Crippen molar-refractivity contribution < 1.29 is 5.11 Å². The van der Waals surface area contributed by atoms with Crippen molar-refractivity contribution in [2.45, 2.75) is 13.2 Å². The van der Waals surface area contributed by atoms with Crippen LogP contribution in [0.2, 0.25) is 0 Å². The van der Waals surface area contributed by atoms with Gasteiger partial charge in [-0.1, -0.05) is 0 Å². The predicted molar refractivity (Wildman–Crippen MR) is 40.4 cm³/mol. The maximum absolute atomic E-state index is 8.56. The molecule has 9 heavy (non-hydrogen) atoms. The molecule has 2 N–H and O–H groups in total. The minimum absolute atomic E-state index is 0.315. The first-order chi connectivity index (χ1) is 4.06. The van der Waals surface area contributed by atoms with Crippen LogP contribution in [0.15, 0.2) is 0 Å². The van der Waals surface area contributed by atoms with Gasteiger partial charge in [0.15, 0.2) is 0 Å². The lowest BCUT2D eigenvalue weighted by molar-refractivity contribution is 0.0578. The second-order valence-electron chi connectivity index (χ2n) is 2.10. The summed E-state index contributed by atoms with van der Waals surface area (Å²) < 4.78 is 0. The minimum atomic E-state index is -0.315. The van der Waals surface area contributed by atoms with Crippen LogP contribution in [0.4, 0.5) is 0 Å². The summed E-state index contributed by atoms with van der Waals surface area (Å²) in [5.41, 5.74) is 0. The van der Waals surface area contributed by atoms with Gasteiger partial charge < -0.3 is 10.4 Å². The van der Waals surface area contributed by atoms with E-state index in [0.717, 1.165) is 0 Å². The second kappa shape index (κ2) is 7.88. The molecule has 0 aromatic rings. The fourth-order valence-electron chi connectivity index (χ4n) is 0. The van der Waals surface area contributed by atoms with Crippen LogP contribution in [0.5, 0.6) is 0 Å². The highest BCUT2D eigenvalue weighted by Crippen LogP contribution is 1.79. The summed E-state index contributed by atoms with van der Waals surface area (Å²) in [7, 11) is 7.40. The standard InChI is InChI=1S/C4H11NO.C2H7N/c1-4(6)5(2)3;1-3-2/h4,6H,1-3H3;3H,1-2H3. The van der Waals surface area contributed by atoms with Crippen LogP contribution in [0.3, 0.4) is 0 Å². The molecule has 3 nitrogen and oxygen atoms in total. The molecule has 0 spiro atoms. The third-order valence-electron chi connectivity index (χ3n) is 0.747. The molecule has 3 heteroatoms. The van der Waals surface area contributed by atoms with Gasteiger partial charge in [-0.05, 0) is 35.1 Å². The number of nitrogens with one attached hydrogen (secondary N) is 1. The number of aliphatic hydroxyl groups is 1. The lowest BCUT2D eigenvalue weighted by Gasteiger charge is -2.11. The lowest BCUT2D eigenvalue weighted by atomic mass is 10.6. The Bertz CT molecular complexity index is 40.3. The van der Waals surface area contributed by atoms with Crippen molar-refractivity contribution in [3.63, 3.8) is 0 Å². The fourth-order valence-corrected chi connectivity index (χ4v) is 0. The lowest BCUT2D eigenvalue weighted by Crippen LogP contribution is -2.23. The Kier molecular flexibility index (Phi) is 10.2.